The van der Waals surface area contributed by atoms with E-state index in [1.807, 2.05) is 34.9 Å². The number of nitrogens with zero attached hydrogens (tertiary/aromatic N) is 3. The molecule has 90 valence electrons. The van der Waals surface area contributed by atoms with Crippen molar-refractivity contribution in [3.63, 3.8) is 0 Å². The summed E-state index contributed by atoms with van der Waals surface area (Å²) in [5, 5.41) is 11.5. The Balaban J connectivity index is 1.99. The monoisotopic (exact) mass is 302 g/mol. The summed E-state index contributed by atoms with van der Waals surface area (Å²) in [6.45, 7) is 2.06. The molecule has 0 amide bonds. The number of pyridine rings is 1. The van der Waals surface area contributed by atoms with Crippen LogP contribution in [-0.2, 0) is 0 Å². The standard InChI is InChI=1S/C13H11BrN4/c1-9-2-5-11(6-3-9)15-13-17-16-12-7-4-10(14)8-18(12)13/h2-8H,1H3,(H,15,17). The van der Waals surface area contributed by atoms with Gasteiger partial charge in [0, 0.05) is 16.4 Å². The Kier molecular flexibility index (Phi) is 2.76. The van der Waals surface area contributed by atoms with Crippen LogP contribution in [0.4, 0.5) is 11.6 Å². The SMILES string of the molecule is Cc1ccc(Nc2nnc3ccc(Br)cn23)cc1. The molecule has 3 aromatic rings. The number of anilines is 2. The van der Waals surface area contributed by atoms with Gasteiger partial charge in [-0.15, -0.1) is 10.2 Å². The number of aryl methyl sites for hydroxylation is 1. The summed E-state index contributed by atoms with van der Waals surface area (Å²) < 4.78 is 2.89. The number of halogens is 1. The van der Waals surface area contributed by atoms with Gasteiger partial charge in [-0.05, 0) is 47.1 Å². The number of benzene rings is 1. The summed E-state index contributed by atoms with van der Waals surface area (Å²) in [4.78, 5) is 0. The normalized spacial score (nSPS) is 10.8. The van der Waals surface area contributed by atoms with E-state index in [0.717, 1.165) is 15.8 Å². The van der Waals surface area contributed by atoms with Crippen molar-refractivity contribution < 1.29 is 0 Å². The first-order chi connectivity index (χ1) is 8.72. The molecular weight excluding hydrogens is 292 g/mol. The molecule has 0 radical (unpaired) electrons. The van der Waals surface area contributed by atoms with Crippen molar-refractivity contribution in [3.05, 3.63) is 52.6 Å². The van der Waals surface area contributed by atoms with E-state index in [1.54, 1.807) is 0 Å². The Morgan fingerprint density at radius 3 is 2.61 bits per heavy atom. The lowest BCUT2D eigenvalue weighted by molar-refractivity contribution is 1.10. The van der Waals surface area contributed by atoms with E-state index in [2.05, 4.69) is 50.5 Å². The van der Waals surface area contributed by atoms with Crippen molar-refractivity contribution in [3.8, 4) is 0 Å². The molecule has 3 rings (SSSR count). The smallest absolute Gasteiger partial charge is 0.233 e. The summed E-state index contributed by atoms with van der Waals surface area (Å²) in [6, 6.07) is 12.0. The minimum Gasteiger partial charge on any atom is -0.324 e. The molecule has 2 aromatic heterocycles. The van der Waals surface area contributed by atoms with Gasteiger partial charge in [-0.2, -0.15) is 0 Å². The van der Waals surface area contributed by atoms with Crippen molar-refractivity contribution in [2.75, 3.05) is 5.32 Å². The lowest BCUT2D eigenvalue weighted by Gasteiger charge is -2.04. The summed E-state index contributed by atoms with van der Waals surface area (Å²) in [5.74, 6) is 0.704. The van der Waals surface area contributed by atoms with Gasteiger partial charge < -0.3 is 5.32 Å². The molecule has 0 saturated carbocycles. The van der Waals surface area contributed by atoms with Crippen LogP contribution in [0, 0.1) is 6.92 Å². The molecule has 5 heteroatoms. The van der Waals surface area contributed by atoms with Gasteiger partial charge in [0.15, 0.2) is 5.65 Å². The fourth-order valence-electron chi connectivity index (χ4n) is 1.72. The van der Waals surface area contributed by atoms with Crippen LogP contribution in [0.5, 0.6) is 0 Å². The molecule has 0 spiro atoms. The van der Waals surface area contributed by atoms with Crippen LogP contribution in [0.25, 0.3) is 5.65 Å². The highest BCUT2D eigenvalue weighted by molar-refractivity contribution is 9.10. The van der Waals surface area contributed by atoms with E-state index < -0.39 is 0 Å². The second kappa shape index (κ2) is 4.42. The van der Waals surface area contributed by atoms with Crippen LogP contribution in [-0.4, -0.2) is 14.6 Å². The van der Waals surface area contributed by atoms with E-state index in [0.29, 0.717) is 5.95 Å². The maximum Gasteiger partial charge on any atom is 0.233 e. The minimum atomic E-state index is 0.704. The zero-order chi connectivity index (χ0) is 12.5. The maximum absolute atomic E-state index is 4.14. The third-order valence-electron chi connectivity index (χ3n) is 2.67. The Bertz CT molecular complexity index is 688. The van der Waals surface area contributed by atoms with Gasteiger partial charge in [-0.1, -0.05) is 17.7 Å². The van der Waals surface area contributed by atoms with Gasteiger partial charge in [0.2, 0.25) is 5.95 Å². The van der Waals surface area contributed by atoms with Crippen LogP contribution in [0.15, 0.2) is 47.1 Å². The van der Waals surface area contributed by atoms with Crippen molar-refractivity contribution in [1.29, 1.82) is 0 Å². The summed E-state index contributed by atoms with van der Waals surface area (Å²) in [5.41, 5.74) is 3.04. The van der Waals surface area contributed by atoms with Gasteiger partial charge in [-0.3, -0.25) is 4.40 Å². The molecule has 0 aliphatic heterocycles. The summed E-state index contributed by atoms with van der Waals surface area (Å²) in [7, 11) is 0. The van der Waals surface area contributed by atoms with Crippen molar-refractivity contribution >= 4 is 33.2 Å². The molecule has 0 fully saturated rings. The predicted octanol–water partition coefficient (Wildman–Crippen LogP) is 3.54. The molecule has 0 bridgehead atoms. The average molecular weight is 303 g/mol. The van der Waals surface area contributed by atoms with Gasteiger partial charge in [0.25, 0.3) is 0 Å². The maximum atomic E-state index is 4.14. The highest BCUT2D eigenvalue weighted by Crippen LogP contribution is 2.18. The molecule has 0 unspecified atom stereocenters. The van der Waals surface area contributed by atoms with Crippen molar-refractivity contribution in [2.45, 2.75) is 6.92 Å². The average Bonchev–Trinajstić information content (AvgIpc) is 2.75. The lowest BCUT2D eigenvalue weighted by atomic mass is 10.2. The topological polar surface area (TPSA) is 42.2 Å². The summed E-state index contributed by atoms with van der Waals surface area (Å²) >= 11 is 3.44. The lowest BCUT2D eigenvalue weighted by Crippen LogP contribution is -1.96. The minimum absolute atomic E-state index is 0.704. The number of aromatic nitrogens is 3. The summed E-state index contributed by atoms with van der Waals surface area (Å²) in [6.07, 6.45) is 1.94. The molecule has 0 aliphatic rings. The number of hydrogen-bond acceptors (Lipinski definition) is 3. The van der Waals surface area contributed by atoms with E-state index >= 15 is 0 Å². The molecule has 0 atom stereocenters. The van der Waals surface area contributed by atoms with Gasteiger partial charge in [0.05, 0.1) is 0 Å². The molecule has 0 aliphatic carbocycles. The third kappa shape index (κ3) is 2.09. The first-order valence-electron chi connectivity index (χ1n) is 5.56. The zero-order valence-electron chi connectivity index (χ0n) is 9.76. The number of fused-ring (bicyclic) bond motifs is 1. The Hall–Kier alpha value is -1.88. The molecule has 1 aromatic carbocycles. The van der Waals surface area contributed by atoms with E-state index in [4.69, 9.17) is 0 Å². The van der Waals surface area contributed by atoms with Crippen LogP contribution >= 0.6 is 15.9 Å². The first-order valence-corrected chi connectivity index (χ1v) is 6.36. The number of hydrogen-bond donors (Lipinski definition) is 1. The fraction of sp³-hybridized carbons (Fsp3) is 0.0769. The molecule has 2 heterocycles. The molecule has 0 saturated heterocycles. The fourth-order valence-corrected chi connectivity index (χ4v) is 2.05. The van der Waals surface area contributed by atoms with Crippen LogP contribution in [0.3, 0.4) is 0 Å². The molecule has 18 heavy (non-hydrogen) atoms. The van der Waals surface area contributed by atoms with Gasteiger partial charge >= 0.3 is 0 Å². The van der Waals surface area contributed by atoms with Gasteiger partial charge in [-0.25, -0.2) is 0 Å². The van der Waals surface area contributed by atoms with Gasteiger partial charge in [0.1, 0.15) is 0 Å². The van der Waals surface area contributed by atoms with Crippen LogP contribution < -0.4 is 5.32 Å². The van der Waals surface area contributed by atoms with Crippen LogP contribution in [0.1, 0.15) is 5.56 Å². The Labute approximate surface area is 113 Å². The van der Waals surface area contributed by atoms with Crippen LogP contribution in [0.2, 0.25) is 0 Å². The largest absolute Gasteiger partial charge is 0.324 e. The molecule has 4 nitrogen and oxygen atoms in total. The molecular formula is C13H11BrN4. The number of nitrogens with one attached hydrogen (secondary N) is 1. The van der Waals surface area contributed by atoms with E-state index in [-0.39, 0.29) is 0 Å². The second-order valence-electron chi connectivity index (χ2n) is 4.09. The second-order valence-corrected chi connectivity index (χ2v) is 5.01. The molecule has 1 N–H and O–H groups in total. The highest BCUT2D eigenvalue weighted by Gasteiger charge is 2.05. The van der Waals surface area contributed by atoms with Crippen molar-refractivity contribution in [1.82, 2.24) is 14.6 Å². The van der Waals surface area contributed by atoms with Crippen molar-refractivity contribution in [2.24, 2.45) is 0 Å². The third-order valence-corrected chi connectivity index (χ3v) is 3.14. The van der Waals surface area contributed by atoms with E-state index in [9.17, 15) is 0 Å². The highest BCUT2D eigenvalue weighted by atomic mass is 79.9. The Morgan fingerprint density at radius 1 is 1.06 bits per heavy atom. The quantitative estimate of drug-likeness (QED) is 0.787. The van der Waals surface area contributed by atoms with E-state index in [1.165, 1.54) is 5.56 Å². The number of rotatable bonds is 2. The predicted molar refractivity (Wildman–Crippen MR) is 75.1 cm³/mol. The first kappa shape index (κ1) is 11.2. The zero-order valence-corrected chi connectivity index (χ0v) is 11.3. The Morgan fingerprint density at radius 2 is 1.83 bits per heavy atom.